The molecule has 0 fully saturated rings. The van der Waals surface area contributed by atoms with E-state index in [1.54, 1.807) is 32.6 Å². The second-order valence-corrected chi connectivity index (χ2v) is 6.99. The minimum absolute atomic E-state index is 0.0709. The van der Waals surface area contributed by atoms with E-state index < -0.39 is 17.7 Å². The zero-order valence-corrected chi connectivity index (χ0v) is 16.1. The fraction of sp³-hybridized carbons (Fsp3) is 0.526. The van der Waals surface area contributed by atoms with Gasteiger partial charge in [0, 0.05) is 12.6 Å². The lowest BCUT2D eigenvalue weighted by Gasteiger charge is -2.29. The van der Waals surface area contributed by atoms with Crippen LogP contribution in [-0.4, -0.2) is 48.2 Å². The lowest BCUT2D eigenvalue weighted by molar-refractivity contribution is -0.143. The van der Waals surface area contributed by atoms with Crippen LogP contribution >= 0.6 is 0 Å². The van der Waals surface area contributed by atoms with Crippen LogP contribution in [0.25, 0.3) is 0 Å². The van der Waals surface area contributed by atoms with Gasteiger partial charge in [-0.1, -0.05) is 30.3 Å². The molecule has 1 aromatic rings. The van der Waals surface area contributed by atoms with Crippen LogP contribution in [0.4, 0.5) is 4.79 Å². The van der Waals surface area contributed by atoms with Gasteiger partial charge in [0.15, 0.2) is 0 Å². The van der Waals surface area contributed by atoms with Gasteiger partial charge in [-0.2, -0.15) is 0 Å². The van der Waals surface area contributed by atoms with Crippen LogP contribution in [0.1, 0.15) is 39.7 Å². The fourth-order valence-corrected chi connectivity index (χ4v) is 2.27. The van der Waals surface area contributed by atoms with Gasteiger partial charge in [-0.05, 0) is 33.3 Å². The van der Waals surface area contributed by atoms with Gasteiger partial charge in [0.1, 0.15) is 12.1 Å². The Morgan fingerprint density at radius 3 is 2.31 bits per heavy atom. The third-order valence-corrected chi connectivity index (χ3v) is 3.52. The van der Waals surface area contributed by atoms with Crippen molar-refractivity contribution in [2.75, 3.05) is 13.7 Å². The Morgan fingerprint density at radius 2 is 1.77 bits per heavy atom. The van der Waals surface area contributed by atoms with Crippen LogP contribution in [0.3, 0.4) is 0 Å². The molecule has 7 nitrogen and oxygen atoms in total. The summed E-state index contributed by atoms with van der Waals surface area (Å²) in [5.74, 6) is -0.709. The number of methoxy groups -OCH3 is 1. The van der Waals surface area contributed by atoms with Gasteiger partial charge in [0.2, 0.25) is 5.91 Å². The van der Waals surface area contributed by atoms with Gasteiger partial charge < -0.3 is 19.7 Å². The topological polar surface area (TPSA) is 84.9 Å². The smallest absolute Gasteiger partial charge is 0.408 e. The van der Waals surface area contributed by atoms with E-state index in [9.17, 15) is 14.4 Å². The van der Waals surface area contributed by atoms with E-state index >= 15 is 0 Å². The first-order valence-electron chi connectivity index (χ1n) is 8.49. The van der Waals surface area contributed by atoms with E-state index in [4.69, 9.17) is 4.74 Å². The van der Waals surface area contributed by atoms with Gasteiger partial charge in [-0.15, -0.1) is 0 Å². The summed E-state index contributed by atoms with van der Waals surface area (Å²) in [5.41, 5.74) is 0.282. The average Bonchev–Trinajstić information content (AvgIpc) is 2.56. The molecule has 1 N–H and O–H groups in total. The number of alkyl carbamates (subject to hydrolysis) is 1. The molecule has 7 heteroatoms. The van der Waals surface area contributed by atoms with Crippen LogP contribution in [0.5, 0.6) is 0 Å². The zero-order valence-electron chi connectivity index (χ0n) is 16.1. The van der Waals surface area contributed by atoms with Crippen molar-refractivity contribution in [2.24, 2.45) is 0 Å². The minimum Gasteiger partial charge on any atom is -0.469 e. The lowest BCUT2D eigenvalue weighted by Crippen LogP contribution is -2.45. The molecule has 0 spiro atoms. The number of carbonyl (C=O) groups is 3. The van der Waals surface area contributed by atoms with E-state index in [2.05, 4.69) is 10.1 Å². The quantitative estimate of drug-likeness (QED) is 0.752. The highest BCUT2D eigenvalue weighted by Crippen LogP contribution is 2.12. The summed E-state index contributed by atoms with van der Waals surface area (Å²) in [5, 5.41) is 2.46. The number of nitrogens with one attached hydrogen (secondary N) is 1. The Bertz CT molecular complexity index is 610. The van der Waals surface area contributed by atoms with Gasteiger partial charge in [-0.25, -0.2) is 4.79 Å². The van der Waals surface area contributed by atoms with E-state index in [0.717, 1.165) is 5.56 Å². The number of ether oxygens (including phenoxy) is 2. The molecule has 0 saturated heterocycles. The van der Waals surface area contributed by atoms with Gasteiger partial charge in [0.25, 0.3) is 0 Å². The Labute approximate surface area is 154 Å². The van der Waals surface area contributed by atoms with E-state index in [0.29, 0.717) is 6.54 Å². The van der Waals surface area contributed by atoms with Crippen LogP contribution in [0.2, 0.25) is 0 Å². The second kappa shape index (κ2) is 9.79. The van der Waals surface area contributed by atoms with Crippen molar-refractivity contribution in [3.05, 3.63) is 35.9 Å². The number of nitrogens with zero attached hydrogens (tertiary/aromatic N) is 1. The number of rotatable bonds is 7. The van der Waals surface area contributed by atoms with Crippen LogP contribution in [0, 0.1) is 0 Å². The van der Waals surface area contributed by atoms with Crippen molar-refractivity contribution < 1.29 is 23.9 Å². The highest BCUT2D eigenvalue weighted by molar-refractivity contribution is 5.83. The molecule has 0 aliphatic carbocycles. The normalized spacial score (nSPS) is 12.0. The van der Waals surface area contributed by atoms with Crippen molar-refractivity contribution in [3.63, 3.8) is 0 Å². The summed E-state index contributed by atoms with van der Waals surface area (Å²) >= 11 is 0. The monoisotopic (exact) mass is 364 g/mol. The highest BCUT2D eigenvalue weighted by Gasteiger charge is 2.24. The molecule has 0 aromatic heterocycles. The summed E-state index contributed by atoms with van der Waals surface area (Å²) < 4.78 is 9.82. The molecule has 0 radical (unpaired) electrons. The van der Waals surface area contributed by atoms with Crippen molar-refractivity contribution in [2.45, 2.75) is 52.3 Å². The van der Waals surface area contributed by atoms with Crippen LogP contribution in [-0.2, 0) is 25.6 Å². The number of hydrogen-bond donors (Lipinski definition) is 1. The maximum atomic E-state index is 12.6. The van der Waals surface area contributed by atoms with Crippen molar-refractivity contribution in [1.82, 2.24) is 10.2 Å². The SMILES string of the molecule is COC(=O)C[C@@H](C)N(Cc1ccccc1)C(=O)CNC(=O)OC(C)(C)C. The summed E-state index contributed by atoms with van der Waals surface area (Å²) in [6, 6.07) is 9.05. The standard InChI is InChI=1S/C19H28N2O5/c1-14(11-17(23)25-5)21(13-15-9-7-6-8-10-15)16(22)12-20-18(24)26-19(2,3)4/h6-10,14H,11-13H2,1-5H3,(H,20,24)/t14-/m1/s1. The molecule has 0 unspecified atom stereocenters. The number of carbonyl (C=O) groups excluding carboxylic acids is 3. The summed E-state index contributed by atoms with van der Waals surface area (Å²) in [4.78, 5) is 37.5. The molecule has 0 aliphatic rings. The van der Waals surface area contributed by atoms with Crippen molar-refractivity contribution >= 4 is 18.0 Å². The summed E-state index contributed by atoms with van der Waals surface area (Å²) in [6.45, 7) is 7.12. The van der Waals surface area contributed by atoms with Gasteiger partial charge in [0.05, 0.1) is 13.5 Å². The van der Waals surface area contributed by atoms with Crippen LogP contribution < -0.4 is 5.32 Å². The second-order valence-electron chi connectivity index (χ2n) is 6.99. The predicted molar refractivity (Wildman–Crippen MR) is 97.3 cm³/mol. The molecule has 26 heavy (non-hydrogen) atoms. The number of hydrogen-bond acceptors (Lipinski definition) is 5. The number of benzene rings is 1. The number of amides is 2. The van der Waals surface area contributed by atoms with E-state index in [1.165, 1.54) is 7.11 Å². The molecule has 2 amide bonds. The summed E-state index contributed by atoms with van der Waals surface area (Å²) in [7, 11) is 1.31. The maximum absolute atomic E-state index is 12.6. The van der Waals surface area contributed by atoms with E-state index in [1.807, 2.05) is 30.3 Å². The highest BCUT2D eigenvalue weighted by atomic mass is 16.6. The molecule has 0 saturated carbocycles. The number of esters is 1. The fourth-order valence-electron chi connectivity index (χ4n) is 2.27. The van der Waals surface area contributed by atoms with Gasteiger partial charge in [-0.3, -0.25) is 9.59 Å². The lowest BCUT2D eigenvalue weighted by atomic mass is 10.1. The Morgan fingerprint density at radius 1 is 1.15 bits per heavy atom. The predicted octanol–water partition coefficient (Wildman–Crippen LogP) is 2.49. The van der Waals surface area contributed by atoms with E-state index in [-0.39, 0.29) is 24.9 Å². The Hall–Kier alpha value is -2.57. The molecule has 0 aliphatic heterocycles. The molecule has 1 atom stereocenters. The van der Waals surface area contributed by atoms with Crippen molar-refractivity contribution in [3.8, 4) is 0 Å². The Kier molecular flexibility index (Phi) is 8.09. The third-order valence-electron chi connectivity index (χ3n) is 3.52. The molecule has 144 valence electrons. The molecule has 0 heterocycles. The van der Waals surface area contributed by atoms with Crippen molar-refractivity contribution in [1.29, 1.82) is 0 Å². The molecule has 1 rings (SSSR count). The molecule has 0 bridgehead atoms. The van der Waals surface area contributed by atoms with Gasteiger partial charge >= 0.3 is 12.1 Å². The summed E-state index contributed by atoms with van der Waals surface area (Å²) in [6.07, 6.45) is -0.590. The first kappa shape index (κ1) is 21.5. The Balaban J connectivity index is 2.77. The maximum Gasteiger partial charge on any atom is 0.408 e. The molecular weight excluding hydrogens is 336 g/mol. The minimum atomic E-state index is -0.661. The first-order chi connectivity index (χ1) is 12.1. The molecular formula is C19H28N2O5. The third kappa shape index (κ3) is 8.00. The first-order valence-corrected chi connectivity index (χ1v) is 8.49. The largest absolute Gasteiger partial charge is 0.469 e. The zero-order chi connectivity index (χ0) is 19.7. The molecule has 1 aromatic carbocycles. The average molecular weight is 364 g/mol. The van der Waals surface area contributed by atoms with Crippen LogP contribution in [0.15, 0.2) is 30.3 Å².